The van der Waals surface area contributed by atoms with Gasteiger partial charge in [-0.1, -0.05) is 91.0 Å². The lowest BCUT2D eigenvalue weighted by atomic mass is 10.1. The molecule has 0 aliphatic rings. The molecule has 1 heterocycles. The van der Waals surface area contributed by atoms with E-state index in [1.165, 1.54) is 0 Å². The van der Waals surface area contributed by atoms with E-state index < -0.39 is 0 Å². The molecule has 0 amide bonds. The number of hydrogen-bond donors (Lipinski definition) is 1. The van der Waals surface area contributed by atoms with Gasteiger partial charge in [-0.05, 0) is 5.56 Å². The molecule has 0 aliphatic carbocycles. The van der Waals surface area contributed by atoms with Crippen LogP contribution in [-0.4, -0.2) is 15.9 Å². The van der Waals surface area contributed by atoms with E-state index in [2.05, 4.69) is 10.1 Å². The predicted octanol–water partition coefficient (Wildman–Crippen LogP) is 4.68. The molecule has 4 heteroatoms. The smallest absolute Gasteiger partial charge is 0.222 e. The summed E-state index contributed by atoms with van der Waals surface area (Å²) in [4.78, 5) is 4.60. The second-order valence-corrected chi connectivity index (χ2v) is 5.87. The van der Waals surface area contributed by atoms with Crippen LogP contribution in [0.1, 0.15) is 5.56 Å². The van der Waals surface area contributed by atoms with Crippen LogP contribution in [0.3, 0.4) is 0 Å². The van der Waals surface area contributed by atoms with Crippen molar-refractivity contribution in [2.45, 2.75) is 0 Å². The Balaban J connectivity index is 1.89. The van der Waals surface area contributed by atoms with Crippen molar-refractivity contribution in [1.29, 1.82) is 0 Å². The molecule has 2 N–H and O–H groups in total. The molecule has 126 valence electrons. The Labute approximate surface area is 152 Å². The second kappa shape index (κ2) is 7.07. The quantitative estimate of drug-likeness (QED) is 0.549. The topological polar surface area (TPSA) is 56.2 Å². The first-order chi connectivity index (χ1) is 12.8. The van der Waals surface area contributed by atoms with Crippen molar-refractivity contribution in [3.63, 3.8) is 0 Å². The number of nitrogens with two attached hydrogens (primary N) is 1. The van der Waals surface area contributed by atoms with Crippen molar-refractivity contribution in [1.82, 2.24) is 9.66 Å². The maximum Gasteiger partial charge on any atom is 0.222 e. The van der Waals surface area contributed by atoms with Gasteiger partial charge in [-0.2, -0.15) is 9.78 Å². The lowest BCUT2D eigenvalue weighted by Crippen LogP contribution is -2.00. The van der Waals surface area contributed by atoms with Crippen molar-refractivity contribution in [2.24, 2.45) is 5.10 Å². The molecule has 0 bridgehead atoms. The Morgan fingerprint density at radius 3 is 1.88 bits per heavy atom. The molecule has 1 aromatic heterocycles. The van der Waals surface area contributed by atoms with Crippen LogP contribution in [0.15, 0.2) is 96.1 Å². The highest BCUT2D eigenvalue weighted by atomic mass is 15.4. The zero-order chi connectivity index (χ0) is 17.8. The number of benzene rings is 3. The number of hydrogen-bond acceptors (Lipinski definition) is 3. The maximum absolute atomic E-state index is 6.22. The zero-order valence-electron chi connectivity index (χ0n) is 14.2. The van der Waals surface area contributed by atoms with Gasteiger partial charge >= 0.3 is 0 Å². The van der Waals surface area contributed by atoms with Crippen molar-refractivity contribution < 1.29 is 0 Å². The molecule has 3 aromatic carbocycles. The minimum absolute atomic E-state index is 0.356. The van der Waals surface area contributed by atoms with E-state index in [-0.39, 0.29) is 0 Å². The first-order valence-corrected chi connectivity index (χ1v) is 8.41. The third-order valence-corrected chi connectivity index (χ3v) is 4.10. The second-order valence-electron chi connectivity index (χ2n) is 5.87. The first kappa shape index (κ1) is 15.8. The highest BCUT2D eigenvalue weighted by Gasteiger charge is 2.18. The lowest BCUT2D eigenvalue weighted by molar-refractivity contribution is 0.906. The molecule has 26 heavy (non-hydrogen) atoms. The standard InChI is InChI=1S/C22H18N4/c23-22-25-20(18-12-6-2-7-13-18)21(19-14-8-3-9-15-19)26(22)24-16-17-10-4-1-5-11-17/h1-16H,(H2,23,25). The zero-order valence-corrected chi connectivity index (χ0v) is 14.2. The van der Waals surface area contributed by atoms with Crippen LogP contribution in [-0.2, 0) is 0 Å². The minimum Gasteiger partial charge on any atom is -0.368 e. The molecule has 4 rings (SSSR count). The van der Waals surface area contributed by atoms with Crippen LogP contribution in [0.2, 0.25) is 0 Å². The fraction of sp³-hybridized carbons (Fsp3) is 0. The van der Waals surface area contributed by atoms with Crippen LogP contribution in [0.5, 0.6) is 0 Å². The Bertz CT molecular complexity index is 1020. The average molecular weight is 338 g/mol. The van der Waals surface area contributed by atoms with E-state index in [1.807, 2.05) is 91.0 Å². The van der Waals surface area contributed by atoms with Crippen LogP contribution in [0, 0.1) is 0 Å². The van der Waals surface area contributed by atoms with Gasteiger partial charge in [0.05, 0.1) is 6.21 Å². The number of aromatic nitrogens is 2. The van der Waals surface area contributed by atoms with Crippen LogP contribution >= 0.6 is 0 Å². The Morgan fingerprint density at radius 1 is 0.731 bits per heavy atom. The summed E-state index contributed by atoms with van der Waals surface area (Å²) in [7, 11) is 0. The van der Waals surface area contributed by atoms with Gasteiger partial charge in [0.2, 0.25) is 5.95 Å². The van der Waals surface area contributed by atoms with E-state index >= 15 is 0 Å². The lowest BCUT2D eigenvalue weighted by Gasteiger charge is -2.07. The fourth-order valence-electron chi connectivity index (χ4n) is 2.86. The van der Waals surface area contributed by atoms with Crippen molar-refractivity contribution in [3.8, 4) is 22.5 Å². The molecular weight excluding hydrogens is 320 g/mol. The van der Waals surface area contributed by atoms with Gasteiger partial charge in [-0.25, -0.2) is 4.98 Å². The first-order valence-electron chi connectivity index (χ1n) is 8.41. The summed E-state index contributed by atoms with van der Waals surface area (Å²) in [5.41, 5.74) is 10.9. The van der Waals surface area contributed by atoms with E-state index in [9.17, 15) is 0 Å². The van der Waals surface area contributed by atoms with Crippen molar-refractivity contribution in [2.75, 3.05) is 5.73 Å². The monoisotopic (exact) mass is 338 g/mol. The van der Waals surface area contributed by atoms with Gasteiger partial charge in [0.25, 0.3) is 0 Å². The number of nitrogens with zero attached hydrogens (tertiary/aromatic N) is 3. The maximum atomic E-state index is 6.22. The highest BCUT2D eigenvalue weighted by Crippen LogP contribution is 2.33. The van der Waals surface area contributed by atoms with E-state index in [1.54, 1.807) is 10.9 Å². The van der Waals surface area contributed by atoms with Gasteiger partial charge in [0.1, 0.15) is 11.4 Å². The van der Waals surface area contributed by atoms with Gasteiger partial charge < -0.3 is 5.73 Å². The molecule has 0 radical (unpaired) electrons. The Morgan fingerprint density at radius 2 is 1.27 bits per heavy atom. The molecule has 4 aromatic rings. The average Bonchev–Trinajstić information content (AvgIpc) is 3.05. The summed E-state index contributed by atoms with van der Waals surface area (Å²) in [6.45, 7) is 0. The fourth-order valence-corrected chi connectivity index (χ4v) is 2.86. The van der Waals surface area contributed by atoms with Crippen LogP contribution in [0.4, 0.5) is 5.95 Å². The largest absolute Gasteiger partial charge is 0.368 e. The van der Waals surface area contributed by atoms with Gasteiger partial charge in [0, 0.05) is 11.1 Å². The van der Waals surface area contributed by atoms with Crippen molar-refractivity contribution in [3.05, 3.63) is 96.6 Å². The van der Waals surface area contributed by atoms with Gasteiger partial charge in [-0.15, -0.1) is 0 Å². The van der Waals surface area contributed by atoms with Crippen LogP contribution in [0.25, 0.3) is 22.5 Å². The number of nitrogen functional groups attached to an aromatic ring is 1. The van der Waals surface area contributed by atoms with Crippen LogP contribution < -0.4 is 5.73 Å². The predicted molar refractivity (Wildman–Crippen MR) is 107 cm³/mol. The molecule has 0 fully saturated rings. The van der Waals surface area contributed by atoms with E-state index in [0.717, 1.165) is 28.1 Å². The Kier molecular flexibility index (Phi) is 4.31. The molecular formula is C22H18N4. The minimum atomic E-state index is 0.356. The van der Waals surface area contributed by atoms with E-state index in [4.69, 9.17) is 5.73 Å². The summed E-state index contributed by atoms with van der Waals surface area (Å²) >= 11 is 0. The SMILES string of the molecule is Nc1nc(-c2ccccc2)c(-c2ccccc2)n1N=Cc1ccccc1. The molecule has 0 saturated carbocycles. The summed E-state index contributed by atoms with van der Waals surface area (Å²) < 4.78 is 1.70. The summed E-state index contributed by atoms with van der Waals surface area (Å²) in [5.74, 6) is 0.356. The van der Waals surface area contributed by atoms with Gasteiger partial charge in [-0.3, -0.25) is 0 Å². The molecule has 0 aliphatic heterocycles. The molecule has 0 saturated heterocycles. The summed E-state index contributed by atoms with van der Waals surface area (Å²) in [5, 5.41) is 4.60. The summed E-state index contributed by atoms with van der Waals surface area (Å²) in [6.07, 6.45) is 1.79. The van der Waals surface area contributed by atoms with E-state index in [0.29, 0.717) is 5.95 Å². The van der Waals surface area contributed by atoms with Crippen molar-refractivity contribution >= 4 is 12.2 Å². The number of rotatable bonds is 4. The summed E-state index contributed by atoms with van der Waals surface area (Å²) in [6, 6.07) is 30.0. The number of imidazole rings is 1. The Hall–Kier alpha value is -3.66. The normalized spacial score (nSPS) is 11.1. The molecule has 4 nitrogen and oxygen atoms in total. The van der Waals surface area contributed by atoms with Gasteiger partial charge in [0.15, 0.2) is 0 Å². The third-order valence-electron chi connectivity index (χ3n) is 4.10. The molecule has 0 unspecified atom stereocenters. The third kappa shape index (κ3) is 3.13. The molecule has 0 spiro atoms. The number of anilines is 1. The highest BCUT2D eigenvalue weighted by molar-refractivity contribution is 5.83. The molecule has 0 atom stereocenters.